The Morgan fingerprint density at radius 3 is 2.26 bits per heavy atom. The van der Waals surface area contributed by atoms with E-state index < -0.39 is 40.6 Å². The Hall–Kier alpha value is -4.32. The summed E-state index contributed by atoms with van der Waals surface area (Å²) in [5, 5.41) is 4.24. The molecule has 2 aliphatic rings. The van der Waals surface area contributed by atoms with E-state index in [0.717, 1.165) is 29.9 Å². The molecule has 0 unspecified atom stereocenters. The van der Waals surface area contributed by atoms with Crippen LogP contribution in [-0.4, -0.2) is 39.4 Å². The van der Waals surface area contributed by atoms with Gasteiger partial charge in [0.2, 0.25) is 0 Å². The molecule has 1 aliphatic carbocycles. The number of halogens is 2. The maximum Gasteiger partial charge on any atom is 0.332 e. The predicted molar refractivity (Wildman–Crippen MR) is 122 cm³/mol. The summed E-state index contributed by atoms with van der Waals surface area (Å²) in [6.07, 6.45) is 4.98. The Morgan fingerprint density at radius 1 is 1.00 bits per heavy atom. The van der Waals surface area contributed by atoms with Crippen molar-refractivity contribution in [2.75, 3.05) is 11.9 Å². The Morgan fingerprint density at radius 2 is 1.63 bits per heavy atom. The molecule has 0 radical (unpaired) electrons. The van der Waals surface area contributed by atoms with Crippen LogP contribution >= 0.6 is 0 Å². The van der Waals surface area contributed by atoms with Crippen LogP contribution in [0.15, 0.2) is 54.9 Å². The molecule has 3 aromatic rings. The number of rotatable bonds is 3. The number of likely N-dealkylation sites (N-methyl/N-ethyl adjacent to an activating group) is 1. The first kappa shape index (κ1) is 22.5. The van der Waals surface area contributed by atoms with Gasteiger partial charge in [-0.25, -0.2) is 18.5 Å². The van der Waals surface area contributed by atoms with E-state index in [9.17, 15) is 14.4 Å². The van der Waals surface area contributed by atoms with Crippen molar-refractivity contribution in [3.63, 3.8) is 0 Å². The van der Waals surface area contributed by atoms with Gasteiger partial charge in [-0.1, -0.05) is 30.0 Å². The topological polar surface area (TPSA) is 75.5 Å². The highest BCUT2D eigenvalue weighted by Crippen LogP contribution is 2.39. The summed E-state index contributed by atoms with van der Waals surface area (Å²) in [6.45, 7) is 1.42. The molecule has 3 amide bonds. The number of carbonyl (C=O) groups excluding carboxylic acids is 3. The van der Waals surface area contributed by atoms with Gasteiger partial charge in [-0.05, 0) is 44.0 Å². The second kappa shape index (κ2) is 8.17. The Balaban J connectivity index is 1.49. The summed E-state index contributed by atoms with van der Waals surface area (Å²) < 4.78 is 31.8. The number of benzene rings is 2. The molecule has 1 aliphatic heterocycles. The number of hydrogen-bond acceptors (Lipinski definition) is 4. The minimum atomic E-state index is -1.66. The van der Waals surface area contributed by atoms with Crippen molar-refractivity contribution < 1.29 is 23.2 Å². The number of urea groups is 1. The van der Waals surface area contributed by atoms with E-state index in [1.54, 1.807) is 35.1 Å². The van der Waals surface area contributed by atoms with Crippen molar-refractivity contribution in [3.8, 4) is 11.8 Å². The Kier molecular flexibility index (Phi) is 5.24. The molecule has 2 heterocycles. The largest absolute Gasteiger partial charge is 0.332 e. The summed E-state index contributed by atoms with van der Waals surface area (Å²) >= 11 is 0. The molecule has 7 nitrogen and oxygen atoms in total. The second-order valence-corrected chi connectivity index (χ2v) is 8.73. The van der Waals surface area contributed by atoms with Crippen LogP contribution < -0.4 is 4.90 Å². The molecule has 5 rings (SSSR count). The fourth-order valence-electron chi connectivity index (χ4n) is 4.06. The highest BCUT2D eigenvalue weighted by atomic mass is 19.1. The van der Waals surface area contributed by atoms with Crippen LogP contribution in [0.5, 0.6) is 0 Å². The minimum Gasteiger partial charge on any atom is -0.310 e. The van der Waals surface area contributed by atoms with Gasteiger partial charge >= 0.3 is 11.9 Å². The van der Waals surface area contributed by atoms with Crippen LogP contribution in [0, 0.1) is 23.5 Å². The monoisotopic (exact) mass is 474 g/mol. The first-order chi connectivity index (χ1) is 16.7. The maximum atomic E-state index is 15.0. The molecule has 1 atom stereocenters. The summed E-state index contributed by atoms with van der Waals surface area (Å²) in [7, 11) is 1.31. The van der Waals surface area contributed by atoms with Crippen LogP contribution in [0.4, 0.5) is 19.3 Å². The average Bonchev–Trinajstić information content (AvgIpc) is 3.58. The zero-order valence-corrected chi connectivity index (χ0v) is 19.0. The minimum absolute atomic E-state index is 0.0153. The van der Waals surface area contributed by atoms with E-state index in [1.165, 1.54) is 20.2 Å². The van der Waals surface area contributed by atoms with Gasteiger partial charge in [0.15, 0.2) is 11.6 Å². The lowest BCUT2D eigenvalue weighted by Gasteiger charge is -2.43. The lowest BCUT2D eigenvalue weighted by atomic mass is 9.85. The molecule has 1 saturated heterocycles. The van der Waals surface area contributed by atoms with Crippen LogP contribution in [0.25, 0.3) is 0 Å². The second-order valence-electron chi connectivity index (χ2n) is 8.73. The molecule has 176 valence electrons. The van der Waals surface area contributed by atoms with Crippen molar-refractivity contribution in [1.82, 2.24) is 14.7 Å². The lowest BCUT2D eigenvalue weighted by molar-refractivity contribution is -0.144. The Labute approximate surface area is 199 Å². The van der Waals surface area contributed by atoms with Crippen molar-refractivity contribution >= 4 is 23.4 Å². The molecular weight excluding hydrogens is 454 g/mol. The molecule has 35 heavy (non-hydrogen) atoms. The maximum absolute atomic E-state index is 15.0. The zero-order valence-electron chi connectivity index (χ0n) is 19.0. The van der Waals surface area contributed by atoms with E-state index in [0.29, 0.717) is 11.1 Å². The van der Waals surface area contributed by atoms with E-state index >= 15 is 8.78 Å². The molecule has 0 N–H and O–H groups in total. The fraction of sp³-hybridized carbons (Fsp3) is 0.231. The number of hydrogen-bond donors (Lipinski definition) is 0. The van der Waals surface area contributed by atoms with Crippen molar-refractivity contribution in [3.05, 3.63) is 83.2 Å². The van der Waals surface area contributed by atoms with Gasteiger partial charge in [0.25, 0.3) is 5.78 Å². The van der Waals surface area contributed by atoms with Gasteiger partial charge in [-0.15, -0.1) is 0 Å². The highest BCUT2D eigenvalue weighted by molar-refractivity contribution is 6.50. The number of ketones is 1. The summed E-state index contributed by atoms with van der Waals surface area (Å²) in [5.74, 6) is 0.756. The average molecular weight is 474 g/mol. The number of imide groups is 1. The molecule has 1 aromatic heterocycles. The highest BCUT2D eigenvalue weighted by Gasteiger charge is 2.55. The number of aromatic nitrogens is 2. The third kappa shape index (κ3) is 3.67. The van der Waals surface area contributed by atoms with Gasteiger partial charge in [0.05, 0.1) is 12.2 Å². The first-order valence-electron chi connectivity index (χ1n) is 11.0. The number of Topliss-reactive ketones (excluding diaryl/α,β-unsaturated/α-hetero) is 1. The number of anilines is 1. The van der Waals surface area contributed by atoms with Gasteiger partial charge in [0.1, 0.15) is 11.2 Å². The van der Waals surface area contributed by atoms with Crippen molar-refractivity contribution in [2.24, 2.45) is 0 Å². The van der Waals surface area contributed by atoms with Crippen LogP contribution in [0.2, 0.25) is 0 Å². The fourth-order valence-corrected chi connectivity index (χ4v) is 4.06. The molecule has 0 spiro atoms. The SMILES string of the molecule is CN1C(=O)N(c2c(F)cc(C#Cc3ccccc3)cc2F)C(=O)C(=O)[C@]1(C)c1cnn(C2CC2)c1. The van der Waals surface area contributed by atoms with Gasteiger partial charge in [-0.2, -0.15) is 5.10 Å². The molecule has 2 fully saturated rings. The summed E-state index contributed by atoms with van der Waals surface area (Å²) in [6, 6.07) is 9.90. The summed E-state index contributed by atoms with van der Waals surface area (Å²) in [4.78, 5) is 40.8. The zero-order chi connectivity index (χ0) is 24.9. The van der Waals surface area contributed by atoms with E-state index in [-0.39, 0.29) is 16.5 Å². The molecule has 9 heteroatoms. The summed E-state index contributed by atoms with van der Waals surface area (Å²) in [5.41, 5.74) is -1.56. The molecule has 2 aromatic carbocycles. The standard InChI is InChI=1S/C26H20F2N4O3/c1-26(18-14-29-31(15-18)19-10-11-19)23(33)24(34)32(25(35)30(26)2)22-20(27)12-17(13-21(22)28)9-8-16-6-4-3-5-7-16/h3-7,12-15,19H,10-11H2,1-2H3/t26-/m0/s1. The first-order valence-corrected chi connectivity index (χ1v) is 11.0. The van der Waals surface area contributed by atoms with Crippen molar-refractivity contribution in [2.45, 2.75) is 31.3 Å². The van der Waals surface area contributed by atoms with Gasteiger partial charge in [-0.3, -0.25) is 14.3 Å². The third-order valence-electron chi connectivity index (χ3n) is 6.44. The third-order valence-corrected chi connectivity index (χ3v) is 6.44. The van der Waals surface area contributed by atoms with Crippen LogP contribution in [-0.2, 0) is 15.1 Å². The quantitative estimate of drug-likeness (QED) is 0.428. The van der Waals surface area contributed by atoms with Crippen molar-refractivity contribution in [1.29, 1.82) is 0 Å². The molecule has 1 saturated carbocycles. The van der Waals surface area contributed by atoms with Gasteiger partial charge in [0, 0.05) is 29.9 Å². The van der Waals surface area contributed by atoms with Gasteiger partial charge < -0.3 is 4.90 Å². The Bertz CT molecular complexity index is 1410. The van der Waals surface area contributed by atoms with Crippen LogP contribution in [0.3, 0.4) is 0 Å². The molecule has 0 bridgehead atoms. The lowest BCUT2D eigenvalue weighted by Crippen LogP contribution is -2.66. The normalized spacial score (nSPS) is 20.2. The van der Waals surface area contributed by atoms with Crippen LogP contribution in [0.1, 0.15) is 42.5 Å². The number of amides is 3. The smallest absolute Gasteiger partial charge is 0.310 e. The molecular formula is C26H20F2N4O3. The predicted octanol–water partition coefficient (Wildman–Crippen LogP) is 3.78. The van der Waals surface area contributed by atoms with E-state index in [2.05, 4.69) is 16.9 Å². The number of nitrogens with zero attached hydrogens (tertiary/aromatic N) is 4. The van der Waals surface area contributed by atoms with E-state index in [4.69, 9.17) is 0 Å². The number of carbonyl (C=O) groups is 3. The van der Waals surface area contributed by atoms with E-state index in [1.807, 2.05) is 6.07 Å².